The van der Waals surface area contributed by atoms with Crippen LogP contribution in [0.15, 0.2) is 48.9 Å². The first kappa shape index (κ1) is 14.3. The standard InChI is InChI=1S/C18H19N5S/c1-2-4-14(5-3-1)10-23-9-7-18(23)11-22(13-24-18)17-15-6-8-19-16(15)20-12-21-17/h1-6,8,12H,7,9-11,13H2,(H,19,20,21)/t18-/m0/s1. The van der Waals surface area contributed by atoms with Crippen molar-refractivity contribution in [1.82, 2.24) is 19.9 Å². The Morgan fingerprint density at radius 1 is 1.17 bits per heavy atom. The van der Waals surface area contributed by atoms with Gasteiger partial charge in [-0.2, -0.15) is 0 Å². The highest BCUT2D eigenvalue weighted by atomic mass is 32.2. The van der Waals surface area contributed by atoms with Crippen molar-refractivity contribution in [3.8, 4) is 0 Å². The third kappa shape index (κ3) is 2.21. The zero-order chi connectivity index (χ0) is 16.0. The average molecular weight is 337 g/mol. The van der Waals surface area contributed by atoms with Gasteiger partial charge in [0.2, 0.25) is 0 Å². The summed E-state index contributed by atoms with van der Waals surface area (Å²) in [6, 6.07) is 12.8. The summed E-state index contributed by atoms with van der Waals surface area (Å²) < 4.78 is 0. The molecule has 4 heterocycles. The van der Waals surface area contributed by atoms with Gasteiger partial charge in [0.15, 0.2) is 0 Å². The van der Waals surface area contributed by atoms with Crippen LogP contribution in [-0.4, -0.2) is 43.7 Å². The number of anilines is 1. The fraction of sp³-hybridized carbons (Fsp3) is 0.333. The summed E-state index contributed by atoms with van der Waals surface area (Å²) in [5.74, 6) is 2.04. The number of hydrogen-bond acceptors (Lipinski definition) is 5. The smallest absolute Gasteiger partial charge is 0.142 e. The molecule has 2 saturated heterocycles. The number of fused-ring (bicyclic) bond motifs is 1. The van der Waals surface area contributed by atoms with E-state index in [9.17, 15) is 0 Å². The molecule has 3 aromatic rings. The summed E-state index contributed by atoms with van der Waals surface area (Å²) >= 11 is 2.05. The number of thioether (sulfide) groups is 1. The van der Waals surface area contributed by atoms with Gasteiger partial charge < -0.3 is 9.88 Å². The van der Waals surface area contributed by atoms with Crippen LogP contribution in [0.25, 0.3) is 11.0 Å². The zero-order valence-corrected chi connectivity index (χ0v) is 14.2. The highest BCUT2D eigenvalue weighted by molar-refractivity contribution is 8.01. The summed E-state index contributed by atoms with van der Waals surface area (Å²) in [6.07, 6.45) is 4.85. The Kier molecular flexibility index (Phi) is 3.28. The van der Waals surface area contributed by atoms with Crippen molar-refractivity contribution >= 4 is 28.6 Å². The lowest BCUT2D eigenvalue weighted by atomic mass is 10.00. The largest absolute Gasteiger partial charge is 0.346 e. The SMILES string of the molecule is c1ccc(CN2CC[C@]23CN(c2ncnc4[nH]ccc24)CS3)cc1. The van der Waals surface area contributed by atoms with Crippen molar-refractivity contribution < 1.29 is 0 Å². The molecule has 24 heavy (non-hydrogen) atoms. The zero-order valence-electron chi connectivity index (χ0n) is 13.4. The molecule has 1 spiro atoms. The van der Waals surface area contributed by atoms with Crippen LogP contribution in [0.4, 0.5) is 5.82 Å². The number of nitrogens with zero attached hydrogens (tertiary/aromatic N) is 4. The van der Waals surface area contributed by atoms with E-state index in [2.05, 4.69) is 72.9 Å². The van der Waals surface area contributed by atoms with Crippen LogP contribution in [0.2, 0.25) is 0 Å². The molecule has 1 N–H and O–H groups in total. The van der Waals surface area contributed by atoms with Crippen molar-refractivity contribution in [2.45, 2.75) is 17.8 Å². The van der Waals surface area contributed by atoms with Gasteiger partial charge in [0, 0.05) is 25.8 Å². The van der Waals surface area contributed by atoms with Crippen LogP contribution in [0.5, 0.6) is 0 Å². The number of hydrogen-bond donors (Lipinski definition) is 1. The Morgan fingerprint density at radius 2 is 2.08 bits per heavy atom. The molecule has 2 fully saturated rings. The van der Waals surface area contributed by atoms with Crippen molar-refractivity contribution in [3.63, 3.8) is 0 Å². The quantitative estimate of drug-likeness (QED) is 0.796. The molecule has 0 bridgehead atoms. The molecule has 0 saturated carbocycles. The number of aromatic nitrogens is 3. The summed E-state index contributed by atoms with van der Waals surface area (Å²) in [5.41, 5.74) is 2.31. The first-order valence-electron chi connectivity index (χ1n) is 8.30. The maximum Gasteiger partial charge on any atom is 0.142 e. The second-order valence-corrected chi connectivity index (χ2v) is 7.82. The molecule has 0 radical (unpaired) electrons. The van der Waals surface area contributed by atoms with Crippen molar-refractivity contribution in [1.29, 1.82) is 0 Å². The molecular formula is C18H19N5S. The first-order valence-corrected chi connectivity index (χ1v) is 9.29. The summed E-state index contributed by atoms with van der Waals surface area (Å²) in [7, 11) is 0. The molecule has 0 aliphatic carbocycles. The van der Waals surface area contributed by atoms with Crippen LogP contribution in [0.1, 0.15) is 12.0 Å². The monoisotopic (exact) mass is 337 g/mol. The van der Waals surface area contributed by atoms with Gasteiger partial charge in [-0.1, -0.05) is 30.3 Å². The maximum atomic E-state index is 4.56. The van der Waals surface area contributed by atoms with Crippen molar-refractivity contribution in [2.24, 2.45) is 0 Å². The first-order chi connectivity index (χ1) is 11.8. The van der Waals surface area contributed by atoms with Gasteiger partial charge in [-0.15, -0.1) is 11.8 Å². The van der Waals surface area contributed by atoms with Gasteiger partial charge in [0.25, 0.3) is 0 Å². The second kappa shape index (κ2) is 5.50. The van der Waals surface area contributed by atoms with Gasteiger partial charge in [-0.25, -0.2) is 9.97 Å². The molecule has 5 rings (SSSR count). The Morgan fingerprint density at radius 3 is 2.92 bits per heavy atom. The van der Waals surface area contributed by atoms with E-state index in [4.69, 9.17) is 0 Å². The molecular weight excluding hydrogens is 318 g/mol. The molecule has 2 aliphatic heterocycles. The average Bonchev–Trinajstić information content (AvgIpc) is 3.27. The van der Waals surface area contributed by atoms with E-state index in [1.54, 1.807) is 6.33 Å². The molecule has 1 aromatic carbocycles. The van der Waals surface area contributed by atoms with Crippen molar-refractivity contribution in [3.05, 3.63) is 54.5 Å². The number of rotatable bonds is 3. The molecule has 0 amide bonds. The maximum absolute atomic E-state index is 4.56. The highest BCUT2D eigenvalue weighted by Crippen LogP contribution is 2.48. The van der Waals surface area contributed by atoms with E-state index < -0.39 is 0 Å². The van der Waals surface area contributed by atoms with Gasteiger partial charge in [-0.05, 0) is 18.1 Å². The minimum atomic E-state index is 0.240. The molecule has 0 unspecified atom stereocenters. The highest BCUT2D eigenvalue weighted by Gasteiger charge is 2.50. The normalized spacial score (nSPS) is 23.9. The van der Waals surface area contributed by atoms with Crippen molar-refractivity contribution in [2.75, 3.05) is 23.9 Å². The van der Waals surface area contributed by atoms with Gasteiger partial charge in [0.05, 0.1) is 16.1 Å². The van der Waals surface area contributed by atoms with Gasteiger partial charge in [0.1, 0.15) is 17.8 Å². The van der Waals surface area contributed by atoms with E-state index in [1.807, 2.05) is 6.20 Å². The lowest BCUT2D eigenvalue weighted by Crippen LogP contribution is -2.58. The Bertz CT molecular complexity index is 864. The molecule has 2 aromatic heterocycles. The predicted octanol–water partition coefficient (Wildman–Crippen LogP) is 3.07. The van der Waals surface area contributed by atoms with E-state index in [-0.39, 0.29) is 4.87 Å². The van der Waals surface area contributed by atoms with Crippen LogP contribution in [-0.2, 0) is 6.54 Å². The molecule has 6 heteroatoms. The number of nitrogens with one attached hydrogen (secondary N) is 1. The summed E-state index contributed by atoms with van der Waals surface area (Å²) in [5, 5.41) is 1.11. The van der Waals surface area contributed by atoms with E-state index in [1.165, 1.54) is 18.5 Å². The summed E-state index contributed by atoms with van der Waals surface area (Å²) in [4.78, 5) is 17.3. The van der Waals surface area contributed by atoms with Crippen LogP contribution in [0.3, 0.4) is 0 Å². The lowest BCUT2D eigenvalue weighted by Gasteiger charge is -2.49. The lowest BCUT2D eigenvalue weighted by molar-refractivity contribution is 0.0630. The molecule has 1 atom stereocenters. The minimum Gasteiger partial charge on any atom is -0.346 e. The van der Waals surface area contributed by atoms with Crippen LogP contribution >= 0.6 is 11.8 Å². The number of benzene rings is 1. The minimum absolute atomic E-state index is 0.240. The summed E-state index contributed by atoms with van der Waals surface area (Å²) in [6.45, 7) is 3.24. The third-order valence-electron chi connectivity index (χ3n) is 5.12. The third-order valence-corrected chi connectivity index (χ3v) is 6.69. The second-order valence-electron chi connectivity index (χ2n) is 6.51. The van der Waals surface area contributed by atoms with Crippen LogP contribution in [0, 0.1) is 0 Å². The van der Waals surface area contributed by atoms with Gasteiger partial charge >= 0.3 is 0 Å². The molecule has 122 valence electrons. The van der Waals surface area contributed by atoms with E-state index in [0.29, 0.717) is 0 Å². The Hall–Kier alpha value is -2.05. The molecule has 5 nitrogen and oxygen atoms in total. The van der Waals surface area contributed by atoms with Crippen LogP contribution < -0.4 is 4.90 Å². The fourth-order valence-electron chi connectivity index (χ4n) is 3.72. The van der Waals surface area contributed by atoms with E-state index >= 15 is 0 Å². The number of aromatic amines is 1. The number of likely N-dealkylation sites (tertiary alicyclic amines) is 1. The fourth-order valence-corrected chi connectivity index (χ4v) is 5.15. The topological polar surface area (TPSA) is 48.1 Å². The number of H-pyrrole nitrogens is 1. The van der Waals surface area contributed by atoms with E-state index in [0.717, 1.165) is 35.8 Å². The van der Waals surface area contributed by atoms with Gasteiger partial charge in [-0.3, -0.25) is 4.90 Å². The Labute approximate surface area is 145 Å². The predicted molar refractivity (Wildman–Crippen MR) is 97.9 cm³/mol. The Balaban J connectivity index is 1.37. The molecule has 2 aliphatic rings.